The lowest BCUT2D eigenvalue weighted by atomic mass is 9.99. The van der Waals surface area contributed by atoms with Gasteiger partial charge in [-0.25, -0.2) is 0 Å². The molecule has 0 aromatic heterocycles. The number of hydrogen-bond donors (Lipinski definition) is 2. The Labute approximate surface area is 138 Å². The van der Waals surface area contributed by atoms with Gasteiger partial charge in [-0.1, -0.05) is 6.92 Å². The van der Waals surface area contributed by atoms with E-state index in [9.17, 15) is 9.59 Å². The molecule has 2 rings (SSSR count). The van der Waals surface area contributed by atoms with E-state index in [2.05, 4.69) is 22.5 Å². The number of piperidine rings is 1. The number of nitrogens with zero attached hydrogens (tertiary/aromatic N) is 1. The summed E-state index contributed by atoms with van der Waals surface area (Å²) >= 11 is 0. The average Bonchev–Trinajstić information content (AvgIpc) is 2.48. The van der Waals surface area contributed by atoms with Gasteiger partial charge in [-0.2, -0.15) is 0 Å². The molecule has 5 nitrogen and oxygen atoms in total. The highest BCUT2D eigenvalue weighted by atomic mass is 16.2. The monoisotopic (exact) mass is 317 g/mol. The second-order valence-corrected chi connectivity index (χ2v) is 6.66. The second-order valence-electron chi connectivity index (χ2n) is 6.66. The van der Waals surface area contributed by atoms with Crippen LogP contribution >= 0.6 is 0 Å². The summed E-state index contributed by atoms with van der Waals surface area (Å²) < 4.78 is 0. The van der Waals surface area contributed by atoms with Crippen molar-refractivity contribution in [2.75, 3.05) is 23.3 Å². The zero-order valence-electron chi connectivity index (χ0n) is 14.3. The molecular weight excluding hydrogens is 290 g/mol. The van der Waals surface area contributed by atoms with Gasteiger partial charge in [-0.15, -0.1) is 0 Å². The third-order valence-corrected chi connectivity index (χ3v) is 4.07. The molecule has 0 radical (unpaired) electrons. The van der Waals surface area contributed by atoms with E-state index in [4.69, 9.17) is 0 Å². The highest BCUT2D eigenvalue weighted by Crippen LogP contribution is 2.24. The van der Waals surface area contributed by atoms with Crippen LogP contribution in [0.5, 0.6) is 0 Å². The van der Waals surface area contributed by atoms with E-state index in [1.165, 1.54) is 18.5 Å². The molecule has 0 saturated carbocycles. The van der Waals surface area contributed by atoms with Crippen LogP contribution in [0.4, 0.5) is 11.4 Å². The van der Waals surface area contributed by atoms with Crippen molar-refractivity contribution in [1.29, 1.82) is 0 Å². The number of rotatable bonds is 5. The molecule has 0 aliphatic carbocycles. The Morgan fingerprint density at radius 2 is 1.74 bits per heavy atom. The van der Waals surface area contributed by atoms with Gasteiger partial charge in [-0.05, 0) is 56.9 Å². The Morgan fingerprint density at radius 1 is 1.13 bits per heavy atom. The van der Waals surface area contributed by atoms with Crippen LogP contribution in [0.15, 0.2) is 24.3 Å². The van der Waals surface area contributed by atoms with Crippen molar-refractivity contribution in [2.45, 2.75) is 46.1 Å². The van der Waals surface area contributed by atoms with E-state index in [1.54, 1.807) is 0 Å². The molecular formula is C18H27N3O2. The molecule has 1 saturated heterocycles. The van der Waals surface area contributed by atoms with E-state index in [1.807, 2.05) is 38.1 Å². The molecule has 0 spiro atoms. The smallest absolute Gasteiger partial charge is 0.233 e. The summed E-state index contributed by atoms with van der Waals surface area (Å²) in [4.78, 5) is 25.8. The minimum absolute atomic E-state index is 0.0434. The first kappa shape index (κ1) is 17.3. The molecule has 23 heavy (non-hydrogen) atoms. The highest BCUT2D eigenvalue weighted by molar-refractivity contribution is 6.03. The predicted molar refractivity (Wildman–Crippen MR) is 93.6 cm³/mol. The number of amides is 2. The minimum atomic E-state index is -0.289. The van der Waals surface area contributed by atoms with Crippen molar-refractivity contribution >= 4 is 23.2 Å². The summed E-state index contributed by atoms with van der Waals surface area (Å²) in [6, 6.07) is 7.89. The summed E-state index contributed by atoms with van der Waals surface area (Å²) in [6.07, 6.45) is 2.30. The van der Waals surface area contributed by atoms with E-state index < -0.39 is 0 Å². The summed E-state index contributed by atoms with van der Waals surface area (Å²) in [5.74, 6) is 0.265. The predicted octanol–water partition coefficient (Wildman–Crippen LogP) is 2.78. The lowest BCUT2D eigenvalue weighted by molar-refractivity contribution is -0.127. The summed E-state index contributed by atoms with van der Waals surface area (Å²) in [7, 11) is 0. The zero-order chi connectivity index (χ0) is 16.8. The fraction of sp³-hybridized carbons (Fsp3) is 0.556. The lowest BCUT2D eigenvalue weighted by Crippen LogP contribution is -2.33. The summed E-state index contributed by atoms with van der Waals surface area (Å²) in [5.41, 5.74) is 1.91. The van der Waals surface area contributed by atoms with Gasteiger partial charge in [0, 0.05) is 30.5 Å². The van der Waals surface area contributed by atoms with E-state index in [-0.39, 0.29) is 24.3 Å². The van der Waals surface area contributed by atoms with Crippen molar-refractivity contribution in [3.05, 3.63) is 24.3 Å². The quantitative estimate of drug-likeness (QED) is 0.821. The maximum Gasteiger partial charge on any atom is 0.233 e. The second kappa shape index (κ2) is 7.99. The Balaban J connectivity index is 1.85. The van der Waals surface area contributed by atoms with Gasteiger partial charge in [0.2, 0.25) is 11.8 Å². The van der Waals surface area contributed by atoms with Crippen molar-refractivity contribution in [3.63, 3.8) is 0 Å². The van der Waals surface area contributed by atoms with Gasteiger partial charge in [0.15, 0.2) is 0 Å². The standard InChI is InChI=1S/C18H27N3O2/c1-13(2)19-17(22)12-18(23)20-15-4-6-16(7-5-15)21-10-8-14(3)9-11-21/h4-7,13-14H,8-12H2,1-3H3,(H,19,22)(H,20,23). The Hall–Kier alpha value is -2.04. The third kappa shape index (κ3) is 5.58. The molecule has 2 N–H and O–H groups in total. The van der Waals surface area contributed by atoms with E-state index in [0.29, 0.717) is 0 Å². The number of hydrogen-bond acceptors (Lipinski definition) is 3. The molecule has 0 bridgehead atoms. The molecule has 1 aliphatic heterocycles. The number of carbonyl (C=O) groups excluding carboxylic acids is 2. The summed E-state index contributed by atoms with van der Waals surface area (Å²) in [5, 5.41) is 5.47. The fourth-order valence-electron chi connectivity index (χ4n) is 2.75. The topological polar surface area (TPSA) is 61.4 Å². The van der Waals surface area contributed by atoms with Crippen LogP contribution in [0.3, 0.4) is 0 Å². The average molecular weight is 317 g/mol. The van der Waals surface area contributed by atoms with Crippen molar-refractivity contribution in [1.82, 2.24) is 5.32 Å². The van der Waals surface area contributed by atoms with Gasteiger partial charge in [0.1, 0.15) is 6.42 Å². The Morgan fingerprint density at radius 3 is 2.30 bits per heavy atom. The largest absolute Gasteiger partial charge is 0.372 e. The molecule has 5 heteroatoms. The molecule has 1 heterocycles. The van der Waals surface area contributed by atoms with Gasteiger partial charge in [0.25, 0.3) is 0 Å². The van der Waals surface area contributed by atoms with E-state index in [0.717, 1.165) is 24.7 Å². The Bertz CT molecular complexity index is 532. The van der Waals surface area contributed by atoms with Crippen LogP contribution in [0, 0.1) is 5.92 Å². The molecule has 0 unspecified atom stereocenters. The number of benzene rings is 1. The van der Waals surface area contributed by atoms with Crippen LogP contribution in [-0.4, -0.2) is 30.9 Å². The molecule has 1 aromatic rings. The van der Waals surface area contributed by atoms with Gasteiger partial charge in [0.05, 0.1) is 0 Å². The molecule has 2 amide bonds. The maximum atomic E-state index is 11.8. The van der Waals surface area contributed by atoms with Gasteiger partial charge in [-0.3, -0.25) is 9.59 Å². The lowest BCUT2D eigenvalue weighted by Gasteiger charge is -2.32. The molecule has 126 valence electrons. The van der Waals surface area contributed by atoms with Crippen molar-refractivity contribution in [3.8, 4) is 0 Å². The van der Waals surface area contributed by atoms with Crippen molar-refractivity contribution in [2.24, 2.45) is 5.92 Å². The van der Waals surface area contributed by atoms with Gasteiger partial charge >= 0.3 is 0 Å². The minimum Gasteiger partial charge on any atom is -0.372 e. The molecule has 1 fully saturated rings. The number of nitrogens with one attached hydrogen (secondary N) is 2. The van der Waals surface area contributed by atoms with Crippen LogP contribution in [0.2, 0.25) is 0 Å². The van der Waals surface area contributed by atoms with Crippen LogP contribution < -0.4 is 15.5 Å². The van der Waals surface area contributed by atoms with Crippen LogP contribution in [0.1, 0.15) is 40.0 Å². The van der Waals surface area contributed by atoms with Crippen LogP contribution in [-0.2, 0) is 9.59 Å². The zero-order valence-corrected chi connectivity index (χ0v) is 14.3. The SMILES string of the molecule is CC1CCN(c2ccc(NC(=O)CC(=O)NC(C)C)cc2)CC1. The third-order valence-electron chi connectivity index (χ3n) is 4.07. The van der Waals surface area contributed by atoms with Crippen LogP contribution in [0.25, 0.3) is 0 Å². The molecule has 0 atom stereocenters. The molecule has 1 aromatic carbocycles. The summed E-state index contributed by atoms with van der Waals surface area (Å²) in [6.45, 7) is 8.21. The van der Waals surface area contributed by atoms with Crippen molar-refractivity contribution < 1.29 is 9.59 Å². The number of anilines is 2. The maximum absolute atomic E-state index is 11.8. The first-order valence-electron chi connectivity index (χ1n) is 8.38. The van der Waals surface area contributed by atoms with Gasteiger partial charge < -0.3 is 15.5 Å². The van der Waals surface area contributed by atoms with E-state index >= 15 is 0 Å². The Kier molecular flexibility index (Phi) is 6.02. The first-order chi connectivity index (χ1) is 10.9. The normalized spacial score (nSPS) is 15.6. The highest BCUT2D eigenvalue weighted by Gasteiger charge is 2.16. The fourth-order valence-corrected chi connectivity index (χ4v) is 2.75. The molecule has 1 aliphatic rings. The number of carbonyl (C=O) groups is 2. The first-order valence-corrected chi connectivity index (χ1v) is 8.38.